The SMILES string of the molecule is COc1ccc(C2=CC3(C2)CN(C(=O)c2ccc4c(c2)CNC4=O)C3)cc1. The first-order chi connectivity index (χ1) is 13.1. The van der Waals surface area contributed by atoms with Gasteiger partial charge in [-0.05, 0) is 53.5 Å². The summed E-state index contributed by atoms with van der Waals surface area (Å²) in [5.41, 5.74) is 4.95. The van der Waals surface area contributed by atoms with Crippen LogP contribution >= 0.6 is 0 Å². The van der Waals surface area contributed by atoms with E-state index in [2.05, 4.69) is 23.5 Å². The standard InChI is InChI=1S/C22H20N2O3/c1-27-18-5-2-14(3-6-18)17-9-22(10-17)12-24(13-22)21(26)15-4-7-19-16(8-15)11-23-20(19)25/h2-9H,10-13H2,1H3,(H,23,25). The molecule has 5 heteroatoms. The summed E-state index contributed by atoms with van der Waals surface area (Å²) < 4.78 is 5.20. The molecule has 2 heterocycles. The maximum Gasteiger partial charge on any atom is 0.253 e. The number of amides is 2. The van der Waals surface area contributed by atoms with Gasteiger partial charge in [-0.1, -0.05) is 18.2 Å². The van der Waals surface area contributed by atoms with Crippen LogP contribution in [0.2, 0.25) is 0 Å². The van der Waals surface area contributed by atoms with E-state index in [4.69, 9.17) is 4.74 Å². The van der Waals surface area contributed by atoms with E-state index >= 15 is 0 Å². The van der Waals surface area contributed by atoms with Crippen LogP contribution in [0.1, 0.15) is 38.3 Å². The second-order valence-corrected chi connectivity index (χ2v) is 7.65. The molecule has 5 rings (SSSR count). The lowest BCUT2D eigenvalue weighted by molar-refractivity contribution is 0.0247. The molecule has 1 N–H and O–H groups in total. The van der Waals surface area contributed by atoms with E-state index in [1.54, 1.807) is 19.2 Å². The zero-order chi connectivity index (χ0) is 18.6. The minimum Gasteiger partial charge on any atom is -0.497 e. The minimum absolute atomic E-state index is 0.0501. The molecule has 1 saturated heterocycles. The van der Waals surface area contributed by atoms with Crippen LogP contribution in [-0.2, 0) is 6.54 Å². The van der Waals surface area contributed by atoms with Crippen molar-refractivity contribution in [3.05, 3.63) is 70.8 Å². The Balaban J connectivity index is 1.25. The molecular weight excluding hydrogens is 340 g/mol. The molecule has 2 aromatic carbocycles. The summed E-state index contributed by atoms with van der Waals surface area (Å²) in [6, 6.07) is 13.5. The van der Waals surface area contributed by atoms with Crippen LogP contribution in [0.5, 0.6) is 5.75 Å². The smallest absolute Gasteiger partial charge is 0.253 e. The molecule has 0 unspecified atom stereocenters. The number of benzene rings is 2. The highest BCUT2D eigenvalue weighted by molar-refractivity contribution is 6.01. The summed E-state index contributed by atoms with van der Waals surface area (Å²) in [7, 11) is 1.67. The molecule has 2 aliphatic heterocycles. The normalized spacial score (nSPS) is 18.9. The fraction of sp³-hybridized carbons (Fsp3) is 0.273. The zero-order valence-electron chi connectivity index (χ0n) is 15.1. The fourth-order valence-corrected chi connectivity index (χ4v) is 4.32. The van der Waals surface area contributed by atoms with Gasteiger partial charge in [-0.3, -0.25) is 9.59 Å². The number of likely N-dealkylation sites (tertiary alicyclic amines) is 1. The molecule has 1 fully saturated rings. The number of carbonyl (C=O) groups excluding carboxylic acids is 2. The second kappa shape index (κ2) is 5.71. The Hall–Kier alpha value is -3.08. The van der Waals surface area contributed by atoms with Crippen molar-refractivity contribution < 1.29 is 14.3 Å². The number of methoxy groups -OCH3 is 1. The van der Waals surface area contributed by atoms with Crippen molar-refractivity contribution in [2.45, 2.75) is 13.0 Å². The van der Waals surface area contributed by atoms with Gasteiger partial charge in [-0.15, -0.1) is 0 Å². The highest BCUT2D eigenvalue weighted by Gasteiger charge is 2.49. The van der Waals surface area contributed by atoms with Crippen molar-refractivity contribution >= 4 is 17.4 Å². The van der Waals surface area contributed by atoms with Crippen LogP contribution in [0.4, 0.5) is 0 Å². The Kier molecular flexibility index (Phi) is 3.41. The minimum atomic E-state index is -0.0578. The average Bonchev–Trinajstić information content (AvgIpc) is 3.00. The third-order valence-corrected chi connectivity index (χ3v) is 5.82. The van der Waals surface area contributed by atoms with Crippen LogP contribution in [0.3, 0.4) is 0 Å². The van der Waals surface area contributed by atoms with Crippen LogP contribution in [-0.4, -0.2) is 36.9 Å². The number of hydrogen-bond acceptors (Lipinski definition) is 3. The third-order valence-electron chi connectivity index (χ3n) is 5.82. The number of fused-ring (bicyclic) bond motifs is 1. The van der Waals surface area contributed by atoms with Crippen molar-refractivity contribution in [3.8, 4) is 5.75 Å². The van der Waals surface area contributed by atoms with Crippen molar-refractivity contribution in [3.63, 3.8) is 0 Å². The lowest BCUT2D eigenvalue weighted by Gasteiger charge is -2.54. The van der Waals surface area contributed by atoms with Crippen molar-refractivity contribution in [1.29, 1.82) is 0 Å². The Morgan fingerprint density at radius 2 is 1.89 bits per heavy atom. The number of ether oxygens (including phenoxy) is 1. The first-order valence-corrected chi connectivity index (χ1v) is 9.13. The highest BCUT2D eigenvalue weighted by atomic mass is 16.5. The predicted molar refractivity (Wildman–Crippen MR) is 102 cm³/mol. The Labute approximate surface area is 157 Å². The number of nitrogens with zero attached hydrogens (tertiary/aromatic N) is 1. The molecular formula is C22H20N2O3. The molecule has 0 radical (unpaired) electrons. The Bertz CT molecular complexity index is 985. The summed E-state index contributed by atoms with van der Waals surface area (Å²) in [4.78, 5) is 26.3. The zero-order valence-corrected chi connectivity index (χ0v) is 15.1. The van der Waals surface area contributed by atoms with Gasteiger partial charge in [0.1, 0.15) is 5.75 Å². The monoisotopic (exact) mass is 360 g/mol. The number of carbonyl (C=O) groups is 2. The highest BCUT2D eigenvalue weighted by Crippen LogP contribution is 2.50. The van der Waals surface area contributed by atoms with Crippen LogP contribution in [0.25, 0.3) is 5.57 Å². The quantitative estimate of drug-likeness (QED) is 0.916. The topological polar surface area (TPSA) is 58.6 Å². The summed E-state index contributed by atoms with van der Waals surface area (Å²) in [5, 5.41) is 2.79. The number of allylic oxidation sites excluding steroid dienone is 1. The lowest BCUT2D eigenvalue weighted by atomic mass is 9.64. The van der Waals surface area contributed by atoms with Crippen molar-refractivity contribution in [2.24, 2.45) is 5.41 Å². The van der Waals surface area contributed by atoms with Gasteiger partial charge in [0, 0.05) is 36.2 Å². The van der Waals surface area contributed by atoms with Crippen LogP contribution in [0, 0.1) is 5.41 Å². The Morgan fingerprint density at radius 3 is 2.59 bits per heavy atom. The van der Waals surface area contributed by atoms with Crippen LogP contribution in [0.15, 0.2) is 48.5 Å². The van der Waals surface area contributed by atoms with Crippen molar-refractivity contribution in [2.75, 3.05) is 20.2 Å². The summed E-state index contributed by atoms with van der Waals surface area (Å²) in [6.07, 6.45) is 3.32. The first-order valence-electron chi connectivity index (χ1n) is 9.13. The molecule has 3 aliphatic rings. The summed E-state index contributed by atoms with van der Waals surface area (Å²) in [6.45, 7) is 2.03. The van der Waals surface area contributed by atoms with Gasteiger partial charge in [0.2, 0.25) is 0 Å². The Morgan fingerprint density at radius 1 is 1.15 bits per heavy atom. The molecule has 2 amide bonds. The van der Waals surface area contributed by atoms with E-state index in [0.29, 0.717) is 17.7 Å². The van der Waals surface area contributed by atoms with Gasteiger partial charge < -0.3 is 15.0 Å². The number of rotatable bonds is 3. The molecule has 1 aliphatic carbocycles. The first kappa shape index (κ1) is 16.1. The van der Waals surface area contributed by atoms with Gasteiger partial charge in [0.05, 0.1) is 7.11 Å². The van der Waals surface area contributed by atoms with Gasteiger partial charge in [0.25, 0.3) is 11.8 Å². The number of hydrogen-bond donors (Lipinski definition) is 1. The van der Waals surface area contributed by atoms with Gasteiger partial charge >= 0.3 is 0 Å². The largest absolute Gasteiger partial charge is 0.497 e. The second-order valence-electron chi connectivity index (χ2n) is 7.65. The number of nitrogens with one attached hydrogen (secondary N) is 1. The third kappa shape index (κ3) is 2.53. The van der Waals surface area contributed by atoms with E-state index in [1.165, 1.54) is 11.1 Å². The molecule has 1 spiro atoms. The molecule has 0 aromatic heterocycles. The summed E-state index contributed by atoms with van der Waals surface area (Å²) in [5.74, 6) is 0.853. The van der Waals surface area contributed by atoms with Crippen molar-refractivity contribution in [1.82, 2.24) is 10.2 Å². The summed E-state index contributed by atoms with van der Waals surface area (Å²) >= 11 is 0. The van der Waals surface area contributed by atoms with E-state index < -0.39 is 0 Å². The molecule has 27 heavy (non-hydrogen) atoms. The van der Waals surface area contributed by atoms with Gasteiger partial charge in [-0.25, -0.2) is 0 Å². The molecule has 0 atom stereocenters. The molecule has 136 valence electrons. The van der Waals surface area contributed by atoms with E-state index in [1.807, 2.05) is 23.1 Å². The maximum absolute atomic E-state index is 12.7. The molecule has 0 bridgehead atoms. The van der Waals surface area contributed by atoms with E-state index in [9.17, 15) is 9.59 Å². The molecule has 5 nitrogen and oxygen atoms in total. The van der Waals surface area contributed by atoms with Gasteiger partial charge in [0.15, 0.2) is 0 Å². The van der Waals surface area contributed by atoms with E-state index in [0.717, 1.165) is 30.8 Å². The van der Waals surface area contributed by atoms with Gasteiger partial charge in [-0.2, -0.15) is 0 Å². The molecule has 2 aromatic rings. The van der Waals surface area contributed by atoms with Crippen LogP contribution < -0.4 is 10.1 Å². The van der Waals surface area contributed by atoms with E-state index in [-0.39, 0.29) is 17.2 Å². The maximum atomic E-state index is 12.7. The average molecular weight is 360 g/mol. The predicted octanol–water partition coefficient (Wildman–Crippen LogP) is 2.87. The fourth-order valence-electron chi connectivity index (χ4n) is 4.32. The lowest BCUT2D eigenvalue weighted by Crippen LogP contribution is -2.60. The molecule has 0 saturated carbocycles.